The molecule has 0 aliphatic carbocycles. The van der Waals surface area contributed by atoms with Crippen LogP contribution in [0.2, 0.25) is 0 Å². The lowest BCUT2D eigenvalue weighted by Crippen LogP contribution is -2.50. The number of esters is 1. The van der Waals surface area contributed by atoms with E-state index in [2.05, 4.69) is 15.4 Å². The average Bonchev–Trinajstić information content (AvgIpc) is 2.92. The van der Waals surface area contributed by atoms with Crippen molar-refractivity contribution in [2.45, 2.75) is 63.7 Å². The summed E-state index contributed by atoms with van der Waals surface area (Å²) in [5, 5.41) is 5.09. The molecule has 0 saturated heterocycles. The number of sulfonamides is 1. The molecule has 3 rings (SSSR count). The number of hydrogen-bond acceptors (Lipinski definition) is 9. The van der Waals surface area contributed by atoms with Crippen LogP contribution in [0, 0.1) is 0 Å². The molecule has 0 radical (unpaired) electrons. The Kier molecular flexibility index (Phi) is 10.8. The zero-order valence-corrected chi connectivity index (χ0v) is 26.3. The standard InChI is InChI=1S/C30H38N4O9S/c1-29(2,3)42-27(37)24(33-44(39,40)23-10-8-7-9-11-23)18-32-26(36)20-16-21-12-13-22(19-34(21)25(35)17-20)41-15-14-31-28(38)43-30(4,5)6/h7-13,16-17,19,24,33H,14-15,18H2,1-6H3,(H,31,38)(H,32,36)/t24-/m0/s1. The highest BCUT2D eigenvalue weighted by Crippen LogP contribution is 2.15. The second-order valence-electron chi connectivity index (χ2n) is 11.7. The van der Waals surface area contributed by atoms with Crippen LogP contribution in [0.3, 0.4) is 0 Å². The second-order valence-corrected chi connectivity index (χ2v) is 13.5. The molecular weight excluding hydrogens is 592 g/mol. The minimum absolute atomic E-state index is 0.000848. The molecule has 0 aliphatic rings. The summed E-state index contributed by atoms with van der Waals surface area (Å²) >= 11 is 0. The third-order valence-corrected chi connectivity index (χ3v) is 7.07. The minimum Gasteiger partial charge on any atom is -0.490 e. The molecule has 13 nitrogen and oxygen atoms in total. The SMILES string of the molecule is CC(C)(C)OC(=O)NCCOc1ccc2cc(C(=O)NC[C@H](NS(=O)(=O)c3ccccc3)C(=O)OC(C)(C)C)cc(=O)n2c1. The fourth-order valence-electron chi connectivity index (χ4n) is 3.76. The van der Waals surface area contributed by atoms with Gasteiger partial charge in [-0.3, -0.25) is 18.8 Å². The van der Waals surface area contributed by atoms with Gasteiger partial charge in [0.2, 0.25) is 10.0 Å². The van der Waals surface area contributed by atoms with E-state index in [1.54, 1.807) is 59.7 Å². The van der Waals surface area contributed by atoms with Crippen LogP contribution in [-0.4, -0.2) is 67.7 Å². The van der Waals surface area contributed by atoms with Crippen LogP contribution in [-0.2, 0) is 24.3 Å². The van der Waals surface area contributed by atoms with E-state index in [4.69, 9.17) is 14.2 Å². The van der Waals surface area contributed by atoms with Crippen LogP contribution in [0.25, 0.3) is 5.52 Å². The molecule has 44 heavy (non-hydrogen) atoms. The Morgan fingerprint density at radius 2 is 1.55 bits per heavy atom. The monoisotopic (exact) mass is 630 g/mol. The zero-order valence-electron chi connectivity index (χ0n) is 25.5. The molecule has 238 valence electrons. The number of ether oxygens (including phenoxy) is 3. The van der Waals surface area contributed by atoms with Gasteiger partial charge < -0.3 is 24.8 Å². The number of nitrogens with one attached hydrogen (secondary N) is 3. The molecule has 2 amide bonds. The van der Waals surface area contributed by atoms with Crippen molar-refractivity contribution in [3.8, 4) is 5.75 Å². The fraction of sp³-hybridized carbons (Fsp3) is 0.400. The summed E-state index contributed by atoms with van der Waals surface area (Å²) in [5.74, 6) is -1.23. The van der Waals surface area contributed by atoms with E-state index in [0.717, 1.165) is 6.07 Å². The van der Waals surface area contributed by atoms with Crippen LogP contribution in [0.15, 0.2) is 70.5 Å². The van der Waals surface area contributed by atoms with Crippen LogP contribution < -0.4 is 25.7 Å². The first-order valence-corrected chi connectivity index (χ1v) is 15.3. The molecule has 0 unspecified atom stereocenters. The third-order valence-electron chi connectivity index (χ3n) is 5.58. The van der Waals surface area contributed by atoms with Gasteiger partial charge in [-0.2, -0.15) is 4.72 Å². The quantitative estimate of drug-likeness (QED) is 0.213. The van der Waals surface area contributed by atoms with Crippen molar-refractivity contribution in [1.29, 1.82) is 0 Å². The van der Waals surface area contributed by atoms with Crippen molar-refractivity contribution in [2.24, 2.45) is 0 Å². The molecule has 0 aliphatic heterocycles. The van der Waals surface area contributed by atoms with Crippen molar-refractivity contribution >= 4 is 33.5 Å². The molecule has 0 fully saturated rings. The van der Waals surface area contributed by atoms with E-state index in [0.29, 0.717) is 11.3 Å². The predicted octanol–water partition coefficient (Wildman–Crippen LogP) is 2.62. The lowest BCUT2D eigenvalue weighted by molar-refractivity contribution is -0.156. The Bertz CT molecular complexity index is 1660. The van der Waals surface area contributed by atoms with Gasteiger partial charge in [-0.15, -0.1) is 0 Å². The van der Waals surface area contributed by atoms with Gasteiger partial charge in [0.15, 0.2) is 0 Å². The van der Waals surface area contributed by atoms with Gasteiger partial charge in [0, 0.05) is 23.7 Å². The topological polar surface area (TPSA) is 171 Å². The largest absolute Gasteiger partial charge is 0.490 e. The Morgan fingerprint density at radius 1 is 0.886 bits per heavy atom. The number of alkyl carbamates (subject to hydrolysis) is 1. The van der Waals surface area contributed by atoms with E-state index in [-0.39, 0.29) is 23.6 Å². The van der Waals surface area contributed by atoms with E-state index >= 15 is 0 Å². The van der Waals surface area contributed by atoms with Crippen molar-refractivity contribution in [3.63, 3.8) is 0 Å². The van der Waals surface area contributed by atoms with Crippen molar-refractivity contribution in [1.82, 2.24) is 19.8 Å². The van der Waals surface area contributed by atoms with Crippen molar-refractivity contribution in [3.05, 3.63) is 76.7 Å². The fourth-order valence-corrected chi connectivity index (χ4v) is 4.96. The highest BCUT2D eigenvalue weighted by Gasteiger charge is 2.30. The summed E-state index contributed by atoms with van der Waals surface area (Å²) in [6.07, 6.45) is 0.872. The van der Waals surface area contributed by atoms with E-state index < -0.39 is 57.3 Å². The van der Waals surface area contributed by atoms with Crippen LogP contribution in [0.4, 0.5) is 4.79 Å². The minimum atomic E-state index is -4.13. The highest BCUT2D eigenvalue weighted by molar-refractivity contribution is 7.89. The van der Waals surface area contributed by atoms with Crippen molar-refractivity contribution in [2.75, 3.05) is 19.7 Å². The van der Waals surface area contributed by atoms with Gasteiger partial charge in [-0.05, 0) is 71.9 Å². The number of carbonyl (C=O) groups is 3. The Labute approximate surface area is 255 Å². The number of aromatic nitrogens is 1. The summed E-state index contributed by atoms with van der Waals surface area (Å²) in [6, 6.07) is 11.7. The zero-order chi connectivity index (χ0) is 32.7. The molecule has 2 heterocycles. The van der Waals surface area contributed by atoms with Gasteiger partial charge in [0.05, 0.1) is 17.6 Å². The molecule has 1 atom stereocenters. The van der Waals surface area contributed by atoms with E-state index in [9.17, 15) is 27.6 Å². The second kappa shape index (κ2) is 13.9. The first-order chi connectivity index (χ1) is 20.4. The smallest absolute Gasteiger partial charge is 0.407 e. The van der Waals surface area contributed by atoms with Crippen LogP contribution >= 0.6 is 0 Å². The number of nitrogens with zero attached hydrogens (tertiary/aromatic N) is 1. The summed E-state index contributed by atoms with van der Waals surface area (Å²) in [5.41, 5.74) is -1.69. The number of carbonyl (C=O) groups excluding carboxylic acids is 3. The maximum atomic E-state index is 13.0. The molecule has 1 aromatic carbocycles. The maximum Gasteiger partial charge on any atom is 0.407 e. The molecule has 2 aromatic heterocycles. The van der Waals surface area contributed by atoms with Gasteiger partial charge in [-0.1, -0.05) is 18.2 Å². The lowest BCUT2D eigenvalue weighted by Gasteiger charge is -2.24. The number of fused-ring (bicyclic) bond motifs is 1. The molecule has 0 saturated carbocycles. The van der Waals surface area contributed by atoms with Gasteiger partial charge in [-0.25, -0.2) is 13.2 Å². The van der Waals surface area contributed by atoms with Crippen molar-refractivity contribution < 1.29 is 37.0 Å². The molecule has 3 N–H and O–H groups in total. The number of benzene rings is 1. The molecule has 0 bridgehead atoms. The predicted molar refractivity (Wildman–Crippen MR) is 162 cm³/mol. The lowest BCUT2D eigenvalue weighted by atomic mass is 10.2. The van der Waals surface area contributed by atoms with Gasteiger partial charge >= 0.3 is 12.1 Å². The van der Waals surface area contributed by atoms with E-state index in [1.807, 2.05) is 0 Å². The Morgan fingerprint density at radius 3 is 2.18 bits per heavy atom. The average molecular weight is 631 g/mol. The van der Waals surface area contributed by atoms with Gasteiger partial charge in [0.25, 0.3) is 11.5 Å². The number of rotatable bonds is 11. The van der Waals surface area contributed by atoms with Crippen LogP contribution in [0.1, 0.15) is 51.9 Å². The highest BCUT2D eigenvalue weighted by atomic mass is 32.2. The maximum absolute atomic E-state index is 13.0. The summed E-state index contributed by atoms with van der Waals surface area (Å²) < 4.78 is 45.5. The molecule has 3 aromatic rings. The number of hydrogen-bond donors (Lipinski definition) is 3. The first-order valence-electron chi connectivity index (χ1n) is 13.8. The Balaban J connectivity index is 1.69. The summed E-state index contributed by atoms with van der Waals surface area (Å²) in [4.78, 5) is 50.4. The molecular formula is C30H38N4O9S. The number of amides is 2. The van der Waals surface area contributed by atoms with Gasteiger partial charge in [0.1, 0.15) is 29.6 Å². The molecule has 14 heteroatoms. The number of pyridine rings is 2. The van der Waals surface area contributed by atoms with Crippen LogP contribution in [0.5, 0.6) is 5.75 Å². The van der Waals surface area contributed by atoms with E-state index in [1.165, 1.54) is 40.9 Å². The summed E-state index contributed by atoms with van der Waals surface area (Å²) in [6.45, 7) is 10.0. The summed E-state index contributed by atoms with van der Waals surface area (Å²) in [7, 11) is -4.13. The first kappa shape index (κ1) is 34.1. The Hall–Kier alpha value is -4.43. The normalized spacial score (nSPS) is 12.7. The molecule has 0 spiro atoms. The third kappa shape index (κ3) is 10.4.